The third-order valence-electron chi connectivity index (χ3n) is 8.02. The van der Waals surface area contributed by atoms with E-state index in [2.05, 4.69) is 20.3 Å². The molecule has 232 valence electrons. The highest BCUT2D eigenvalue weighted by Crippen LogP contribution is 2.29. The van der Waals surface area contributed by atoms with Crippen LogP contribution in [0.4, 0.5) is 5.82 Å². The van der Waals surface area contributed by atoms with Crippen molar-refractivity contribution < 1.29 is 22.7 Å². The van der Waals surface area contributed by atoms with E-state index in [1.54, 1.807) is 25.4 Å². The van der Waals surface area contributed by atoms with Crippen molar-refractivity contribution in [2.45, 2.75) is 30.7 Å². The zero-order chi connectivity index (χ0) is 30.7. The maximum atomic E-state index is 13.7. The molecule has 2 saturated heterocycles. The van der Waals surface area contributed by atoms with Crippen molar-refractivity contribution in [3.8, 4) is 0 Å². The molecule has 1 aromatic carbocycles. The summed E-state index contributed by atoms with van der Waals surface area (Å²) >= 11 is 6.16. The highest BCUT2D eigenvalue weighted by Gasteiger charge is 2.42. The number of amides is 2. The summed E-state index contributed by atoms with van der Waals surface area (Å²) in [5.41, 5.74) is 0.374. The minimum absolute atomic E-state index is 0.00895. The molecule has 2 aromatic heterocycles. The van der Waals surface area contributed by atoms with E-state index in [4.69, 9.17) is 16.3 Å². The van der Waals surface area contributed by atoms with Gasteiger partial charge in [-0.1, -0.05) is 11.6 Å². The molecule has 0 aliphatic carbocycles. The van der Waals surface area contributed by atoms with Gasteiger partial charge < -0.3 is 24.8 Å². The number of halogens is 1. The normalized spacial score (nSPS) is 18.9. The van der Waals surface area contributed by atoms with E-state index in [-0.39, 0.29) is 36.0 Å². The number of aromatic nitrogens is 3. The lowest BCUT2D eigenvalue weighted by Crippen LogP contribution is -2.63. The Bertz CT molecular complexity index is 1650. The number of piperazine rings is 1. The maximum Gasteiger partial charge on any atom is 0.266 e. The predicted molar refractivity (Wildman–Crippen MR) is 161 cm³/mol. The monoisotopic (exact) mass is 633 g/mol. The molecule has 3 aromatic rings. The molecule has 0 unspecified atom stereocenters. The smallest absolute Gasteiger partial charge is 0.266 e. The van der Waals surface area contributed by atoms with Gasteiger partial charge in [0.1, 0.15) is 11.9 Å². The Kier molecular flexibility index (Phi) is 9.39. The molecule has 2 fully saturated rings. The van der Waals surface area contributed by atoms with E-state index in [0.29, 0.717) is 54.6 Å². The number of aromatic amines is 1. The molecule has 2 amide bonds. The van der Waals surface area contributed by atoms with Crippen molar-refractivity contribution in [2.24, 2.45) is 13.0 Å². The largest absolute Gasteiger partial charge is 0.380 e. The van der Waals surface area contributed by atoms with Crippen molar-refractivity contribution >= 4 is 50.2 Å². The van der Waals surface area contributed by atoms with Crippen molar-refractivity contribution in [3.05, 3.63) is 51.9 Å². The van der Waals surface area contributed by atoms with E-state index >= 15 is 0 Å². The molecule has 43 heavy (non-hydrogen) atoms. The molecule has 2 N–H and O–H groups in total. The predicted octanol–water partition coefficient (Wildman–Crippen LogP) is 1.19. The molecule has 2 aliphatic rings. The fraction of sp³-hybridized carbons (Fsp3) is 0.500. The second-order valence-electron chi connectivity index (χ2n) is 10.8. The quantitative estimate of drug-likeness (QED) is 0.316. The number of sulfonamides is 1. The molecule has 0 spiro atoms. The van der Waals surface area contributed by atoms with Crippen molar-refractivity contribution in [1.29, 1.82) is 0 Å². The standard InChI is InChI=1S/C28H36ClN7O6S/c1-3-42-13-10-30-28(39)24-17-35(43(40,41)20-4-5-21-22(29)15-31-23(21)14-20)18-27(38)36(24)16-19-8-11-34(12-9-19)25-6-7-26(37)33(2)32-25/h4-7,14-15,19,24,31H,3,8-13,16-18H2,1-2H3,(H,30,39)/t24-/m1/s1. The summed E-state index contributed by atoms with van der Waals surface area (Å²) in [5.74, 6) is -0.0335. The molecule has 0 bridgehead atoms. The summed E-state index contributed by atoms with van der Waals surface area (Å²) in [7, 11) is -2.48. The Morgan fingerprint density at radius 1 is 1.19 bits per heavy atom. The number of nitrogens with one attached hydrogen (secondary N) is 2. The van der Waals surface area contributed by atoms with Gasteiger partial charge >= 0.3 is 0 Å². The van der Waals surface area contributed by atoms with Crippen molar-refractivity contribution in [1.82, 2.24) is 29.3 Å². The van der Waals surface area contributed by atoms with Gasteiger partial charge in [-0.25, -0.2) is 13.1 Å². The Morgan fingerprint density at radius 3 is 2.67 bits per heavy atom. The van der Waals surface area contributed by atoms with Crippen LogP contribution in [0.1, 0.15) is 19.8 Å². The van der Waals surface area contributed by atoms with Gasteiger partial charge in [0.25, 0.3) is 5.56 Å². The number of rotatable bonds is 10. The van der Waals surface area contributed by atoms with Gasteiger partial charge in [-0.2, -0.15) is 9.40 Å². The van der Waals surface area contributed by atoms with Gasteiger partial charge in [-0.3, -0.25) is 14.4 Å². The minimum Gasteiger partial charge on any atom is -0.380 e. The number of H-pyrrole nitrogens is 1. The number of piperidine rings is 1. The van der Waals surface area contributed by atoms with Crippen LogP contribution in [0.3, 0.4) is 0 Å². The molecule has 0 saturated carbocycles. The average molecular weight is 634 g/mol. The third-order valence-corrected chi connectivity index (χ3v) is 10.1. The topological polar surface area (TPSA) is 150 Å². The molecule has 15 heteroatoms. The number of fused-ring (bicyclic) bond motifs is 1. The van der Waals surface area contributed by atoms with Gasteiger partial charge in [-0.05, 0) is 49.9 Å². The first kappa shape index (κ1) is 31.0. The summed E-state index contributed by atoms with van der Waals surface area (Å²) in [6, 6.07) is 6.76. The molecule has 4 heterocycles. The van der Waals surface area contributed by atoms with Crippen LogP contribution in [0.5, 0.6) is 0 Å². The summed E-state index contributed by atoms with van der Waals surface area (Å²) < 4.78 is 35.1. The zero-order valence-corrected chi connectivity index (χ0v) is 25.7. The van der Waals surface area contributed by atoms with E-state index in [1.807, 2.05) is 6.92 Å². The Labute approximate surface area is 254 Å². The highest BCUT2D eigenvalue weighted by molar-refractivity contribution is 7.89. The third kappa shape index (κ3) is 6.71. The van der Waals surface area contributed by atoms with Crippen LogP contribution < -0.4 is 15.8 Å². The lowest BCUT2D eigenvalue weighted by atomic mass is 9.95. The van der Waals surface area contributed by atoms with Crippen LogP contribution in [-0.4, -0.2) is 103 Å². The number of nitrogens with zero attached hydrogens (tertiary/aromatic N) is 5. The van der Waals surface area contributed by atoms with Crippen molar-refractivity contribution in [3.63, 3.8) is 0 Å². The van der Waals surface area contributed by atoms with Gasteiger partial charge in [-0.15, -0.1) is 0 Å². The average Bonchev–Trinajstić information content (AvgIpc) is 3.37. The van der Waals surface area contributed by atoms with Crippen LogP contribution in [-0.2, 0) is 31.4 Å². The second-order valence-corrected chi connectivity index (χ2v) is 13.1. The van der Waals surface area contributed by atoms with E-state index in [0.717, 1.165) is 17.1 Å². The fourth-order valence-corrected chi connectivity index (χ4v) is 7.22. The highest BCUT2D eigenvalue weighted by atomic mass is 35.5. The van der Waals surface area contributed by atoms with Gasteiger partial charge in [0.15, 0.2) is 0 Å². The van der Waals surface area contributed by atoms with Crippen LogP contribution in [0, 0.1) is 5.92 Å². The minimum atomic E-state index is -4.09. The lowest BCUT2D eigenvalue weighted by Gasteiger charge is -2.42. The van der Waals surface area contributed by atoms with Crippen LogP contribution in [0.15, 0.2) is 46.2 Å². The summed E-state index contributed by atoms with van der Waals surface area (Å²) in [5, 5.41) is 8.30. The number of carbonyl (C=O) groups is 2. The molecule has 13 nitrogen and oxygen atoms in total. The number of carbonyl (C=O) groups excluding carboxylic acids is 2. The first-order valence-electron chi connectivity index (χ1n) is 14.3. The zero-order valence-electron chi connectivity index (χ0n) is 24.2. The molecular formula is C28H36ClN7O6S. The van der Waals surface area contributed by atoms with Crippen molar-refractivity contribution in [2.75, 3.05) is 57.4 Å². The second kappa shape index (κ2) is 13.0. The molecule has 1 atom stereocenters. The molecule has 0 radical (unpaired) electrons. The van der Waals surface area contributed by atoms with Gasteiger partial charge in [0, 0.05) is 69.5 Å². The van der Waals surface area contributed by atoms with Gasteiger partial charge in [0.05, 0.1) is 23.1 Å². The van der Waals surface area contributed by atoms with Crippen LogP contribution in [0.2, 0.25) is 5.02 Å². The fourth-order valence-electron chi connectivity index (χ4n) is 5.58. The number of hydrogen-bond donors (Lipinski definition) is 2. The first-order chi connectivity index (χ1) is 20.6. The first-order valence-corrected chi connectivity index (χ1v) is 16.1. The number of benzene rings is 1. The summed E-state index contributed by atoms with van der Waals surface area (Å²) in [6.45, 7) is 4.05. The lowest BCUT2D eigenvalue weighted by molar-refractivity contribution is -0.145. The maximum absolute atomic E-state index is 13.7. The number of ether oxygens (including phenoxy) is 1. The summed E-state index contributed by atoms with van der Waals surface area (Å²) in [6.07, 6.45) is 3.07. The summed E-state index contributed by atoms with van der Waals surface area (Å²) in [4.78, 5) is 45.3. The number of anilines is 1. The Balaban J connectivity index is 1.31. The van der Waals surface area contributed by atoms with E-state index in [9.17, 15) is 22.8 Å². The molecule has 2 aliphatic heterocycles. The van der Waals surface area contributed by atoms with E-state index < -0.39 is 27.9 Å². The SMILES string of the molecule is CCOCCNC(=O)[C@H]1CN(S(=O)(=O)c2ccc3c(Cl)c[nH]c3c2)CC(=O)N1CC1CCN(c2ccc(=O)n(C)n2)CC1. The molecular weight excluding hydrogens is 598 g/mol. The van der Waals surface area contributed by atoms with Crippen LogP contribution in [0.25, 0.3) is 10.9 Å². The Morgan fingerprint density at radius 2 is 1.95 bits per heavy atom. The van der Waals surface area contributed by atoms with Gasteiger partial charge in [0.2, 0.25) is 21.8 Å². The number of aryl methyl sites for hydroxylation is 1. The molecule has 5 rings (SSSR count). The van der Waals surface area contributed by atoms with Crippen LogP contribution >= 0.6 is 11.6 Å². The Hall–Kier alpha value is -3.46. The number of hydrogen-bond acceptors (Lipinski definition) is 8. The van der Waals surface area contributed by atoms with E-state index in [1.165, 1.54) is 27.8 Å².